The van der Waals surface area contributed by atoms with Crippen molar-refractivity contribution in [2.24, 2.45) is 0 Å². The van der Waals surface area contributed by atoms with Crippen molar-refractivity contribution in [2.45, 2.75) is 13.3 Å². The molecule has 0 saturated carbocycles. The number of pyridine rings is 1. The first-order valence-electron chi connectivity index (χ1n) is 8.63. The lowest BCUT2D eigenvalue weighted by molar-refractivity contribution is 0.0946. The molecule has 0 spiro atoms. The van der Waals surface area contributed by atoms with E-state index in [1.54, 1.807) is 13.3 Å². The topological polar surface area (TPSA) is 79.0 Å². The smallest absolute Gasteiger partial charge is 0.253 e. The molecule has 0 unspecified atom stereocenters. The molecular formula is C20H19ClN4O2. The first kappa shape index (κ1) is 17.4. The number of aromatic amines is 1. The second-order valence-corrected chi connectivity index (χ2v) is 6.85. The van der Waals surface area contributed by atoms with E-state index in [0.29, 0.717) is 28.7 Å². The fourth-order valence-electron chi connectivity index (χ4n) is 3.14. The lowest BCUT2D eigenvalue weighted by Gasteiger charge is -2.12. The van der Waals surface area contributed by atoms with Gasteiger partial charge in [-0.15, -0.1) is 0 Å². The van der Waals surface area contributed by atoms with Gasteiger partial charge in [0.05, 0.1) is 24.6 Å². The third kappa shape index (κ3) is 3.36. The van der Waals surface area contributed by atoms with Crippen LogP contribution in [0.5, 0.6) is 5.75 Å². The van der Waals surface area contributed by atoms with Crippen LogP contribution >= 0.6 is 11.6 Å². The van der Waals surface area contributed by atoms with Gasteiger partial charge in [0.15, 0.2) is 0 Å². The number of nitrogens with one attached hydrogen (secondary N) is 3. The molecule has 27 heavy (non-hydrogen) atoms. The Morgan fingerprint density at radius 3 is 2.81 bits per heavy atom. The molecular weight excluding hydrogens is 364 g/mol. The summed E-state index contributed by atoms with van der Waals surface area (Å²) in [5, 5.41) is 6.81. The Hall–Kier alpha value is -2.99. The number of rotatable bonds is 4. The highest BCUT2D eigenvalue weighted by atomic mass is 35.5. The Morgan fingerprint density at radius 1 is 1.22 bits per heavy atom. The number of nitrogens with zero attached hydrogens (tertiary/aromatic N) is 1. The summed E-state index contributed by atoms with van der Waals surface area (Å²) in [6.07, 6.45) is 2.44. The van der Waals surface area contributed by atoms with Crippen molar-refractivity contribution in [3.8, 4) is 17.0 Å². The summed E-state index contributed by atoms with van der Waals surface area (Å²) >= 11 is 6.20. The van der Waals surface area contributed by atoms with Gasteiger partial charge in [0.2, 0.25) is 0 Å². The second kappa shape index (κ2) is 6.96. The van der Waals surface area contributed by atoms with Crippen LogP contribution in [0.2, 0.25) is 5.02 Å². The molecule has 3 aromatic rings. The molecule has 1 amide bonds. The summed E-state index contributed by atoms with van der Waals surface area (Å²) in [4.78, 5) is 19.8. The molecule has 0 saturated heterocycles. The number of hydrogen-bond acceptors (Lipinski definition) is 4. The molecule has 4 rings (SSSR count). The quantitative estimate of drug-likeness (QED) is 0.635. The molecule has 0 radical (unpaired) electrons. The van der Waals surface area contributed by atoms with E-state index in [1.807, 2.05) is 37.3 Å². The first-order valence-corrected chi connectivity index (χ1v) is 9.00. The number of ether oxygens (including phenoxy) is 1. The van der Waals surface area contributed by atoms with Crippen molar-refractivity contribution in [3.05, 3.63) is 58.4 Å². The number of anilines is 2. The number of fused-ring (bicyclic) bond motifs is 1. The standard InChI is InChI=1S/C20H19ClN4O2/c1-11-3-4-12(7-15(11)21)24-19-9-13(18(27-2)10-23-19)17-8-14-16(25-17)5-6-22-20(14)26/h3-4,7-10,25H,5-6H2,1-2H3,(H,22,26)(H,23,24). The van der Waals surface area contributed by atoms with Gasteiger partial charge in [-0.2, -0.15) is 0 Å². The molecule has 0 aliphatic carbocycles. The van der Waals surface area contributed by atoms with Gasteiger partial charge in [0.25, 0.3) is 5.91 Å². The van der Waals surface area contributed by atoms with Crippen molar-refractivity contribution in [3.63, 3.8) is 0 Å². The highest BCUT2D eigenvalue weighted by Crippen LogP contribution is 2.33. The highest BCUT2D eigenvalue weighted by molar-refractivity contribution is 6.31. The van der Waals surface area contributed by atoms with Crippen molar-refractivity contribution < 1.29 is 9.53 Å². The van der Waals surface area contributed by atoms with E-state index in [-0.39, 0.29) is 5.91 Å². The number of carbonyl (C=O) groups is 1. The van der Waals surface area contributed by atoms with Crippen LogP contribution in [-0.2, 0) is 6.42 Å². The van der Waals surface area contributed by atoms with E-state index in [2.05, 4.69) is 20.6 Å². The number of benzene rings is 1. The molecule has 0 bridgehead atoms. The zero-order valence-electron chi connectivity index (χ0n) is 15.0. The Balaban J connectivity index is 1.71. The Labute approximate surface area is 161 Å². The van der Waals surface area contributed by atoms with E-state index in [0.717, 1.165) is 34.6 Å². The number of hydrogen-bond donors (Lipinski definition) is 3. The maximum absolute atomic E-state index is 12.1. The predicted octanol–water partition coefficient (Wildman–Crippen LogP) is 4.08. The molecule has 0 fully saturated rings. The number of aryl methyl sites for hydroxylation is 1. The summed E-state index contributed by atoms with van der Waals surface area (Å²) in [6.45, 7) is 2.60. The lowest BCUT2D eigenvalue weighted by atomic mass is 10.1. The molecule has 6 nitrogen and oxygen atoms in total. The third-order valence-electron chi connectivity index (χ3n) is 4.63. The van der Waals surface area contributed by atoms with E-state index < -0.39 is 0 Å². The van der Waals surface area contributed by atoms with Gasteiger partial charge in [-0.25, -0.2) is 4.98 Å². The minimum absolute atomic E-state index is 0.0561. The summed E-state index contributed by atoms with van der Waals surface area (Å²) in [7, 11) is 1.60. The van der Waals surface area contributed by atoms with Crippen molar-refractivity contribution >= 4 is 29.0 Å². The Kier molecular flexibility index (Phi) is 4.49. The summed E-state index contributed by atoms with van der Waals surface area (Å²) in [6, 6.07) is 9.51. The van der Waals surface area contributed by atoms with E-state index >= 15 is 0 Å². The fourth-order valence-corrected chi connectivity index (χ4v) is 3.32. The molecule has 1 aliphatic rings. The lowest BCUT2D eigenvalue weighted by Crippen LogP contribution is -2.31. The molecule has 0 atom stereocenters. The van der Waals surface area contributed by atoms with Crippen LogP contribution in [-0.4, -0.2) is 29.5 Å². The number of amides is 1. The van der Waals surface area contributed by atoms with Gasteiger partial charge >= 0.3 is 0 Å². The zero-order valence-corrected chi connectivity index (χ0v) is 15.8. The Bertz CT molecular complexity index is 1030. The second-order valence-electron chi connectivity index (χ2n) is 6.44. The zero-order chi connectivity index (χ0) is 19.0. The van der Waals surface area contributed by atoms with Crippen LogP contribution < -0.4 is 15.4 Å². The molecule has 1 aromatic carbocycles. The maximum Gasteiger partial charge on any atom is 0.253 e. The minimum atomic E-state index is -0.0561. The van der Waals surface area contributed by atoms with E-state index in [1.165, 1.54) is 0 Å². The van der Waals surface area contributed by atoms with Crippen molar-refractivity contribution in [1.82, 2.24) is 15.3 Å². The van der Waals surface area contributed by atoms with E-state index in [4.69, 9.17) is 16.3 Å². The number of methoxy groups -OCH3 is 1. The SMILES string of the molecule is COc1cnc(Nc2ccc(C)c(Cl)c2)cc1-c1cc2c([nH]1)CCNC2=O. The van der Waals surface area contributed by atoms with Crippen molar-refractivity contribution in [2.75, 3.05) is 19.0 Å². The van der Waals surface area contributed by atoms with E-state index in [9.17, 15) is 4.79 Å². The van der Waals surface area contributed by atoms with Crippen molar-refractivity contribution in [1.29, 1.82) is 0 Å². The van der Waals surface area contributed by atoms with Crippen LogP contribution in [0, 0.1) is 6.92 Å². The number of aromatic nitrogens is 2. The summed E-state index contributed by atoms with van der Waals surface area (Å²) in [5.41, 5.74) is 5.12. The summed E-state index contributed by atoms with van der Waals surface area (Å²) in [5.74, 6) is 1.23. The largest absolute Gasteiger partial charge is 0.494 e. The number of carbonyl (C=O) groups excluding carboxylic acids is 1. The monoisotopic (exact) mass is 382 g/mol. The fraction of sp³-hybridized carbons (Fsp3) is 0.200. The van der Waals surface area contributed by atoms with Crippen LogP contribution in [0.1, 0.15) is 21.6 Å². The van der Waals surface area contributed by atoms with Gasteiger partial charge in [-0.3, -0.25) is 4.79 Å². The number of halogens is 1. The maximum atomic E-state index is 12.1. The summed E-state index contributed by atoms with van der Waals surface area (Å²) < 4.78 is 5.47. The van der Waals surface area contributed by atoms with Gasteiger partial charge < -0.3 is 20.4 Å². The average Bonchev–Trinajstić information content (AvgIpc) is 3.10. The molecule has 7 heteroatoms. The normalized spacial score (nSPS) is 13.1. The van der Waals surface area contributed by atoms with Crippen LogP contribution in [0.15, 0.2) is 36.5 Å². The van der Waals surface area contributed by atoms with Gasteiger partial charge in [0.1, 0.15) is 11.6 Å². The van der Waals surface area contributed by atoms with Crippen LogP contribution in [0.25, 0.3) is 11.3 Å². The highest BCUT2D eigenvalue weighted by Gasteiger charge is 2.21. The first-order chi connectivity index (χ1) is 13.0. The Morgan fingerprint density at radius 2 is 2.07 bits per heavy atom. The molecule has 1 aliphatic heterocycles. The molecule has 138 valence electrons. The van der Waals surface area contributed by atoms with Crippen LogP contribution in [0.3, 0.4) is 0 Å². The van der Waals surface area contributed by atoms with Gasteiger partial charge in [-0.1, -0.05) is 17.7 Å². The predicted molar refractivity (Wildman–Crippen MR) is 106 cm³/mol. The average molecular weight is 383 g/mol. The van der Waals surface area contributed by atoms with Crippen LogP contribution in [0.4, 0.5) is 11.5 Å². The molecule has 2 aromatic heterocycles. The third-order valence-corrected chi connectivity index (χ3v) is 5.03. The van der Waals surface area contributed by atoms with Gasteiger partial charge in [-0.05, 0) is 36.8 Å². The molecule has 3 heterocycles. The number of H-pyrrole nitrogens is 1. The van der Waals surface area contributed by atoms with Gasteiger partial charge in [0, 0.05) is 34.9 Å². The molecule has 3 N–H and O–H groups in total. The minimum Gasteiger partial charge on any atom is -0.494 e.